The molecule has 3 heterocycles. The Balaban J connectivity index is 1.45. The number of fused-ring (bicyclic) bond motifs is 2. The van der Waals surface area contributed by atoms with E-state index >= 15 is 0 Å². The van der Waals surface area contributed by atoms with E-state index < -0.39 is 0 Å². The van der Waals surface area contributed by atoms with E-state index in [4.69, 9.17) is 0 Å². The minimum atomic E-state index is -0.308. The summed E-state index contributed by atoms with van der Waals surface area (Å²) in [7, 11) is 1.99. The molecule has 0 bridgehead atoms. The van der Waals surface area contributed by atoms with Crippen molar-refractivity contribution < 1.29 is 9.18 Å². The van der Waals surface area contributed by atoms with Gasteiger partial charge in [-0.25, -0.2) is 9.37 Å². The molecule has 1 aliphatic rings. The van der Waals surface area contributed by atoms with Crippen LogP contribution < -0.4 is 15.5 Å². The molecule has 5 rings (SSSR count). The van der Waals surface area contributed by atoms with Crippen molar-refractivity contribution >= 4 is 34.3 Å². The van der Waals surface area contributed by atoms with Crippen LogP contribution in [0, 0.1) is 5.82 Å². The number of hydrogen-bond acceptors (Lipinski definition) is 6. The van der Waals surface area contributed by atoms with Gasteiger partial charge in [-0.1, -0.05) is 18.2 Å². The SMILES string of the molecule is CN1CCCc2nc(NC(=O)c3cccc4[nH]ncc34)nc(NCc3cccc(F)c3)c21. The first kappa shape index (κ1) is 19.9. The predicted octanol–water partition coefficient (Wildman–Crippen LogP) is 3.74. The molecule has 2 aromatic heterocycles. The van der Waals surface area contributed by atoms with Crippen molar-refractivity contribution in [3.8, 4) is 0 Å². The quantitative estimate of drug-likeness (QED) is 0.445. The van der Waals surface area contributed by atoms with E-state index in [1.165, 1.54) is 12.1 Å². The number of aromatic nitrogens is 4. The van der Waals surface area contributed by atoms with Gasteiger partial charge in [0, 0.05) is 25.5 Å². The van der Waals surface area contributed by atoms with E-state index in [9.17, 15) is 9.18 Å². The fraction of sp³-hybridized carbons (Fsp3) is 0.217. The fourth-order valence-electron chi connectivity index (χ4n) is 4.02. The van der Waals surface area contributed by atoms with Gasteiger partial charge in [-0.05, 0) is 42.7 Å². The minimum absolute atomic E-state index is 0.228. The maximum atomic E-state index is 13.6. The summed E-state index contributed by atoms with van der Waals surface area (Å²) in [5.74, 6) is 0.245. The third-order valence-corrected chi connectivity index (χ3v) is 5.55. The van der Waals surface area contributed by atoms with Crippen molar-refractivity contribution in [1.29, 1.82) is 0 Å². The Morgan fingerprint density at radius 2 is 2.09 bits per heavy atom. The maximum Gasteiger partial charge on any atom is 0.258 e. The number of nitrogens with zero attached hydrogens (tertiary/aromatic N) is 4. The summed E-state index contributed by atoms with van der Waals surface area (Å²) in [5.41, 5.74) is 3.84. The maximum absolute atomic E-state index is 13.6. The number of rotatable bonds is 5. The zero-order valence-corrected chi connectivity index (χ0v) is 17.5. The van der Waals surface area contributed by atoms with Crippen molar-refractivity contribution in [2.45, 2.75) is 19.4 Å². The van der Waals surface area contributed by atoms with Crippen molar-refractivity contribution in [3.63, 3.8) is 0 Å². The van der Waals surface area contributed by atoms with Gasteiger partial charge in [0.2, 0.25) is 5.95 Å². The lowest BCUT2D eigenvalue weighted by molar-refractivity contribution is 0.102. The largest absolute Gasteiger partial charge is 0.370 e. The second kappa shape index (κ2) is 8.26. The summed E-state index contributed by atoms with van der Waals surface area (Å²) in [5, 5.41) is 13.7. The van der Waals surface area contributed by atoms with E-state index in [0.717, 1.165) is 47.2 Å². The highest BCUT2D eigenvalue weighted by molar-refractivity contribution is 6.11. The Labute approximate surface area is 183 Å². The van der Waals surface area contributed by atoms with Gasteiger partial charge in [-0.2, -0.15) is 10.1 Å². The summed E-state index contributed by atoms with van der Waals surface area (Å²) in [4.78, 5) is 24.3. The smallest absolute Gasteiger partial charge is 0.258 e. The molecule has 0 atom stereocenters. The molecule has 0 saturated carbocycles. The Kier molecular flexibility index (Phi) is 5.14. The van der Waals surface area contributed by atoms with Crippen LogP contribution in [0.25, 0.3) is 10.9 Å². The molecule has 162 valence electrons. The summed E-state index contributed by atoms with van der Waals surface area (Å²) in [6.07, 6.45) is 3.38. The molecule has 1 amide bonds. The highest BCUT2D eigenvalue weighted by atomic mass is 19.1. The Morgan fingerprint density at radius 1 is 1.22 bits per heavy atom. The number of H-pyrrole nitrogens is 1. The van der Waals surface area contributed by atoms with Crippen LogP contribution in [-0.4, -0.2) is 39.7 Å². The number of aromatic amines is 1. The number of halogens is 1. The van der Waals surface area contributed by atoms with Crippen molar-refractivity contribution in [2.75, 3.05) is 29.1 Å². The molecule has 8 nitrogen and oxygen atoms in total. The van der Waals surface area contributed by atoms with E-state index in [-0.39, 0.29) is 17.7 Å². The lowest BCUT2D eigenvalue weighted by atomic mass is 10.1. The molecule has 0 aliphatic carbocycles. The molecule has 0 unspecified atom stereocenters. The van der Waals surface area contributed by atoms with E-state index in [1.54, 1.807) is 24.4 Å². The summed E-state index contributed by atoms with van der Waals surface area (Å²) >= 11 is 0. The average molecular weight is 431 g/mol. The van der Waals surface area contributed by atoms with Gasteiger partial charge in [-0.15, -0.1) is 0 Å². The third kappa shape index (κ3) is 3.84. The van der Waals surface area contributed by atoms with Crippen LogP contribution in [-0.2, 0) is 13.0 Å². The number of hydrogen-bond donors (Lipinski definition) is 3. The first-order valence-electron chi connectivity index (χ1n) is 10.4. The molecule has 4 aromatic rings. The molecule has 1 aliphatic heterocycles. The zero-order chi connectivity index (χ0) is 22.1. The van der Waals surface area contributed by atoms with Crippen LogP contribution in [0.4, 0.5) is 21.8 Å². The van der Waals surface area contributed by atoms with E-state index in [0.29, 0.717) is 17.9 Å². The van der Waals surface area contributed by atoms with Crippen LogP contribution in [0.2, 0.25) is 0 Å². The molecule has 0 radical (unpaired) electrons. The lowest BCUT2D eigenvalue weighted by Gasteiger charge is -2.29. The van der Waals surface area contributed by atoms with Gasteiger partial charge in [0.1, 0.15) is 11.5 Å². The molecular formula is C23H22FN7O. The van der Waals surface area contributed by atoms with E-state index in [2.05, 4.69) is 35.7 Å². The minimum Gasteiger partial charge on any atom is -0.370 e. The normalized spacial score (nSPS) is 13.1. The van der Waals surface area contributed by atoms with Crippen LogP contribution in [0.1, 0.15) is 28.0 Å². The Hall–Kier alpha value is -4.01. The highest BCUT2D eigenvalue weighted by Gasteiger charge is 2.23. The van der Waals surface area contributed by atoms with Crippen LogP contribution in [0.15, 0.2) is 48.7 Å². The first-order chi connectivity index (χ1) is 15.6. The lowest BCUT2D eigenvalue weighted by Crippen LogP contribution is -2.28. The number of carbonyl (C=O) groups excluding carboxylic acids is 1. The van der Waals surface area contributed by atoms with Crippen LogP contribution >= 0.6 is 0 Å². The fourth-order valence-corrected chi connectivity index (χ4v) is 4.02. The number of carbonyl (C=O) groups is 1. The predicted molar refractivity (Wildman–Crippen MR) is 121 cm³/mol. The third-order valence-electron chi connectivity index (χ3n) is 5.55. The van der Waals surface area contributed by atoms with Gasteiger partial charge >= 0.3 is 0 Å². The number of benzene rings is 2. The van der Waals surface area contributed by atoms with Crippen LogP contribution in [0.3, 0.4) is 0 Å². The second-order valence-electron chi connectivity index (χ2n) is 7.79. The van der Waals surface area contributed by atoms with Gasteiger partial charge in [0.05, 0.1) is 23.0 Å². The zero-order valence-electron chi connectivity index (χ0n) is 17.5. The molecule has 3 N–H and O–H groups in total. The molecule has 0 fully saturated rings. The second-order valence-corrected chi connectivity index (χ2v) is 7.79. The van der Waals surface area contributed by atoms with Crippen LogP contribution in [0.5, 0.6) is 0 Å². The Bertz CT molecular complexity index is 1300. The average Bonchev–Trinajstić information content (AvgIpc) is 3.26. The number of aryl methyl sites for hydroxylation is 1. The Morgan fingerprint density at radius 3 is 2.97 bits per heavy atom. The molecule has 9 heteroatoms. The van der Waals surface area contributed by atoms with Gasteiger partial charge < -0.3 is 10.2 Å². The molecule has 0 spiro atoms. The van der Waals surface area contributed by atoms with Gasteiger partial charge in [0.25, 0.3) is 5.91 Å². The molecule has 0 saturated heterocycles. The molecule has 2 aromatic carbocycles. The van der Waals surface area contributed by atoms with Gasteiger partial charge in [-0.3, -0.25) is 15.2 Å². The van der Waals surface area contributed by atoms with Crippen molar-refractivity contribution in [3.05, 3.63) is 71.3 Å². The number of amides is 1. The topological polar surface area (TPSA) is 98.8 Å². The highest BCUT2D eigenvalue weighted by Crippen LogP contribution is 2.33. The van der Waals surface area contributed by atoms with Gasteiger partial charge in [0.15, 0.2) is 5.82 Å². The number of nitrogens with one attached hydrogen (secondary N) is 3. The standard InChI is InChI=1S/C23H22FN7O/c1-31-10-4-9-19-20(31)21(25-12-14-5-2-6-15(24)11-14)28-23(27-19)29-22(32)16-7-3-8-18-17(16)13-26-30-18/h2-3,5-8,11,13H,4,9-10,12H2,1H3,(H,26,30)(H2,25,27,28,29,32). The summed E-state index contributed by atoms with van der Waals surface area (Å²) in [6.45, 7) is 1.29. The monoisotopic (exact) mass is 431 g/mol. The summed E-state index contributed by atoms with van der Waals surface area (Å²) < 4.78 is 13.6. The van der Waals surface area contributed by atoms with E-state index in [1.807, 2.05) is 19.2 Å². The van der Waals surface area contributed by atoms with Crippen molar-refractivity contribution in [1.82, 2.24) is 20.2 Å². The number of anilines is 3. The van der Waals surface area contributed by atoms with Crippen molar-refractivity contribution in [2.24, 2.45) is 0 Å². The molecule has 32 heavy (non-hydrogen) atoms. The molecular weight excluding hydrogens is 409 g/mol. The summed E-state index contributed by atoms with van der Waals surface area (Å²) in [6, 6.07) is 11.8. The first-order valence-corrected chi connectivity index (χ1v) is 10.4.